The van der Waals surface area contributed by atoms with E-state index < -0.39 is 0 Å². The van der Waals surface area contributed by atoms with Gasteiger partial charge in [0.25, 0.3) is 0 Å². The number of carbonyl (C=O) groups is 1. The van der Waals surface area contributed by atoms with E-state index in [0.717, 1.165) is 13.1 Å². The smallest absolute Gasteiger partial charge is 0.160 e. The van der Waals surface area contributed by atoms with E-state index in [2.05, 4.69) is 4.90 Å². The predicted octanol–water partition coefficient (Wildman–Crippen LogP) is -0.144. The van der Waals surface area contributed by atoms with Crippen molar-refractivity contribution in [3.8, 4) is 0 Å². The molecule has 0 aliphatic heterocycles. The van der Waals surface area contributed by atoms with Gasteiger partial charge in [-0.1, -0.05) is 13.8 Å². The van der Waals surface area contributed by atoms with Crippen molar-refractivity contribution < 1.29 is 4.79 Å². The van der Waals surface area contributed by atoms with E-state index in [9.17, 15) is 4.79 Å². The molecule has 0 saturated heterocycles. The third-order valence-electron chi connectivity index (χ3n) is 1.52. The number of likely N-dealkylation sites (N-methyl/N-ethyl adjacent to an activating group) is 1. The molecule has 60 valence electrons. The Morgan fingerprint density at radius 1 is 1.40 bits per heavy atom. The van der Waals surface area contributed by atoms with Gasteiger partial charge in [0.2, 0.25) is 0 Å². The molecule has 10 heavy (non-hydrogen) atoms. The maximum absolute atomic E-state index is 10.8. The van der Waals surface area contributed by atoms with Crippen LogP contribution in [0.25, 0.3) is 0 Å². The molecule has 0 aliphatic carbocycles. The summed E-state index contributed by atoms with van der Waals surface area (Å²) in [6, 6.07) is 0. The molecular weight excluding hydrogens is 128 g/mol. The topological polar surface area (TPSA) is 46.3 Å². The molecular formula is C7H16N2O. The van der Waals surface area contributed by atoms with Gasteiger partial charge in [0.1, 0.15) is 0 Å². The van der Waals surface area contributed by atoms with Crippen LogP contribution in [0, 0.1) is 0 Å². The van der Waals surface area contributed by atoms with Gasteiger partial charge in [-0.2, -0.15) is 0 Å². The minimum atomic E-state index is 0.115. The van der Waals surface area contributed by atoms with Gasteiger partial charge in [-0.15, -0.1) is 0 Å². The van der Waals surface area contributed by atoms with Crippen molar-refractivity contribution in [1.29, 1.82) is 0 Å². The van der Waals surface area contributed by atoms with Crippen LogP contribution in [0.4, 0.5) is 0 Å². The molecule has 0 spiro atoms. The Morgan fingerprint density at radius 3 is 2.20 bits per heavy atom. The molecule has 0 aromatic heterocycles. The molecule has 0 aliphatic rings. The molecule has 3 nitrogen and oxygen atoms in total. The normalized spacial score (nSPS) is 10.4. The number of hydrogen-bond donors (Lipinski definition) is 1. The summed E-state index contributed by atoms with van der Waals surface area (Å²) in [6.45, 7) is 6.57. The van der Waals surface area contributed by atoms with Crippen LogP contribution in [0.3, 0.4) is 0 Å². The van der Waals surface area contributed by atoms with Gasteiger partial charge in [-0.05, 0) is 13.1 Å². The lowest BCUT2D eigenvalue weighted by Crippen LogP contribution is -2.32. The molecule has 0 amide bonds. The molecule has 0 fully saturated rings. The second-order valence-electron chi connectivity index (χ2n) is 2.20. The summed E-state index contributed by atoms with van der Waals surface area (Å²) in [5.74, 6) is 0.115. The second kappa shape index (κ2) is 5.38. The Balaban J connectivity index is 3.52. The average molecular weight is 144 g/mol. The average Bonchev–Trinajstić information content (AvgIpc) is 1.99. The van der Waals surface area contributed by atoms with Gasteiger partial charge in [0.05, 0.1) is 13.1 Å². The van der Waals surface area contributed by atoms with E-state index in [-0.39, 0.29) is 12.3 Å². The van der Waals surface area contributed by atoms with Gasteiger partial charge in [0, 0.05) is 0 Å². The molecule has 0 rings (SSSR count). The third kappa shape index (κ3) is 3.58. The lowest BCUT2D eigenvalue weighted by molar-refractivity contribution is -0.118. The first kappa shape index (κ1) is 9.59. The van der Waals surface area contributed by atoms with E-state index in [1.165, 1.54) is 0 Å². The Morgan fingerprint density at radius 2 is 1.90 bits per heavy atom. The summed E-state index contributed by atoms with van der Waals surface area (Å²) in [6.07, 6.45) is 0. The summed E-state index contributed by atoms with van der Waals surface area (Å²) in [7, 11) is 0. The number of ketones is 1. The van der Waals surface area contributed by atoms with Crippen LogP contribution in [0.15, 0.2) is 0 Å². The van der Waals surface area contributed by atoms with Crippen molar-refractivity contribution in [2.75, 3.05) is 26.2 Å². The van der Waals surface area contributed by atoms with Gasteiger partial charge >= 0.3 is 0 Å². The highest BCUT2D eigenvalue weighted by atomic mass is 16.1. The van der Waals surface area contributed by atoms with Gasteiger partial charge < -0.3 is 5.73 Å². The molecule has 0 aromatic carbocycles. The maximum atomic E-state index is 10.8. The summed E-state index contributed by atoms with van der Waals surface area (Å²) in [5.41, 5.74) is 5.15. The van der Waals surface area contributed by atoms with Crippen molar-refractivity contribution in [2.45, 2.75) is 13.8 Å². The Hall–Kier alpha value is -0.410. The molecule has 2 N–H and O–H groups in total. The van der Waals surface area contributed by atoms with Crippen LogP contribution in [0.1, 0.15) is 13.8 Å². The maximum Gasteiger partial charge on any atom is 0.160 e. The number of rotatable bonds is 5. The fraction of sp³-hybridized carbons (Fsp3) is 0.857. The Labute approximate surface area is 62.2 Å². The SMILES string of the molecule is CCN(CC)CC(=O)CN. The highest BCUT2D eigenvalue weighted by Crippen LogP contribution is 1.85. The lowest BCUT2D eigenvalue weighted by Gasteiger charge is -2.15. The Kier molecular flexibility index (Phi) is 5.16. The summed E-state index contributed by atoms with van der Waals surface area (Å²) < 4.78 is 0. The molecule has 3 heteroatoms. The molecule has 0 bridgehead atoms. The highest BCUT2D eigenvalue weighted by Gasteiger charge is 2.03. The van der Waals surface area contributed by atoms with Gasteiger partial charge in [-0.25, -0.2) is 0 Å². The molecule has 0 radical (unpaired) electrons. The third-order valence-corrected chi connectivity index (χ3v) is 1.52. The van der Waals surface area contributed by atoms with E-state index >= 15 is 0 Å². The van der Waals surface area contributed by atoms with E-state index in [1.54, 1.807) is 0 Å². The molecule has 0 heterocycles. The zero-order valence-corrected chi connectivity index (χ0v) is 6.76. The van der Waals surface area contributed by atoms with Crippen LogP contribution in [-0.2, 0) is 4.79 Å². The first-order valence-corrected chi connectivity index (χ1v) is 3.68. The quantitative estimate of drug-likeness (QED) is 0.584. The van der Waals surface area contributed by atoms with E-state index in [1.807, 2.05) is 13.8 Å². The van der Waals surface area contributed by atoms with Gasteiger partial charge in [0.15, 0.2) is 5.78 Å². The number of nitrogens with two attached hydrogens (primary N) is 1. The minimum absolute atomic E-state index is 0.115. The molecule has 0 saturated carbocycles. The van der Waals surface area contributed by atoms with Crippen molar-refractivity contribution in [1.82, 2.24) is 4.90 Å². The first-order chi connectivity index (χ1) is 4.74. The minimum Gasteiger partial charge on any atom is -0.324 e. The number of carbonyl (C=O) groups excluding carboxylic acids is 1. The van der Waals surface area contributed by atoms with E-state index in [4.69, 9.17) is 5.73 Å². The van der Waals surface area contributed by atoms with Crippen LogP contribution in [0.5, 0.6) is 0 Å². The molecule has 0 unspecified atom stereocenters. The monoisotopic (exact) mass is 144 g/mol. The van der Waals surface area contributed by atoms with Crippen LogP contribution in [-0.4, -0.2) is 36.9 Å². The first-order valence-electron chi connectivity index (χ1n) is 3.68. The largest absolute Gasteiger partial charge is 0.324 e. The van der Waals surface area contributed by atoms with Crippen molar-refractivity contribution in [3.05, 3.63) is 0 Å². The fourth-order valence-electron chi connectivity index (χ4n) is 0.761. The molecule has 0 aromatic rings. The van der Waals surface area contributed by atoms with Crippen LogP contribution in [0.2, 0.25) is 0 Å². The Bertz CT molecular complexity index is 99.8. The predicted molar refractivity (Wildman–Crippen MR) is 41.8 cm³/mol. The summed E-state index contributed by atoms with van der Waals surface area (Å²) >= 11 is 0. The zero-order chi connectivity index (χ0) is 7.98. The number of Topliss-reactive ketones (excluding diaryl/α,β-unsaturated/α-hetero) is 1. The fourth-order valence-corrected chi connectivity index (χ4v) is 0.761. The van der Waals surface area contributed by atoms with Crippen molar-refractivity contribution in [3.63, 3.8) is 0 Å². The van der Waals surface area contributed by atoms with E-state index in [0.29, 0.717) is 6.54 Å². The zero-order valence-electron chi connectivity index (χ0n) is 6.76. The number of hydrogen-bond acceptors (Lipinski definition) is 3. The highest BCUT2D eigenvalue weighted by molar-refractivity contribution is 5.82. The lowest BCUT2D eigenvalue weighted by atomic mass is 10.3. The van der Waals surface area contributed by atoms with Crippen LogP contribution >= 0.6 is 0 Å². The molecule has 0 atom stereocenters. The van der Waals surface area contributed by atoms with Gasteiger partial charge in [-0.3, -0.25) is 9.69 Å². The van der Waals surface area contributed by atoms with Crippen LogP contribution < -0.4 is 5.73 Å². The van der Waals surface area contributed by atoms with Crippen molar-refractivity contribution >= 4 is 5.78 Å². The second-order valence-corrected chi connectivity index (χ2v) is 2.20. The van der Waals surface area contributed by atoms with Crippen molar-refractivity contribution in [2.24, 2.45) is 5.73 Å². The standard InChI is InChI=1S/C7H16N2O/c1-3-9(4-2)6-7(10)5-8/h3-6,8H2,1-2H3. The summed E-state index contributed by atoms with van der Waals surface area (Å²) in [4.78, 5) is 12.8. The number of nitrogens with zero attached hydrogens (tertiary/aromatic N) is 1. The summed E-state index contributed by atoms with van der Waals surface area (Å²) in [5, 5.41) is 0.